The van der Waals surface area contributed by atoms with Gasteiger partial charge in [-0.25, -0.2) is 0 Å². The summed E-state index contributed by atoms with van der Waals surface area (Å²) in [5.41, 5.74) is 1.16. The zero-order chi connectivity index (χ0) is 21.0. The number of carbonyl (C=O) groups excluding carboxylic acids is 2. The molecule has 0 radical (unpaired) electrons. The lowest BCUT2D eigenvalue weighted by molar-refractivity contribution is -0.385. The molecule has 0 aromatic carbocycles. The number of rotatable bonds is 8. The zero-order valence-electron chi connectivity index (χ0n) is 15.8. The molecule has 152 valence electrons. The van der Waals surface area contributed by atoms with E-state index in [1.54, 1.807) is 31.2 Å². The molecule has 0 spiro atoms. The van der Waals surface area contributed by atoms with Crippen molar-refractivity contribution < 1.29 is 14.5 Å². The number of nitrogens with one attached hydrogen (secondary N) is 2. The first-order valence-electron chi connectivity index (χ1n) is 8.58. The van der Waals surface area contributed by atoms with Crippen molar-refractivity contribution in [2.24, 2.45) is 14.1 Å². The van der Waals surface area contributed by atoms with Crippen LogP contribution in [0.2, 0.25) is 0 Å². The summed E-state index contributed by atoms with van der Waals surface area (Å²) in [4.78, 5) is 34.9. The number of nitrogens with zero attached hydrogens (tertiary/aromatic N) is 7. The third-order valence-corrected chi connectivity index (χ3v) is 4.04. The fraction of sp³-hybridized carbons (Fsp3) is 0.312. The van der Waals surface area contributed by atoms with Crippen LogP contribution in [0.25, 0.3) is 0 Å². The van der Waals surface area contributed by atoms with Crippen molar-refractivity contribution in [3.05, 3.63) is 52.4 Å². The van der Waals surface area contributed by atoms with Crippen LogP contribution >= 0.6 is 0 Å². The van der Waals surface area contributed by atoms with Gasteiger partial charge in [0.2, 0.25) is 5.91 Å². The minimum absolute atomic E-state index is 0.0183. The Morgan fingerprint density at radius 3 is 2.59 bits per heavy atom. The predicted octanol–water partition coefficient (Wildman–Crippen LogP) is 0.217. The molecule has 0 saturated heterocycles. The molecular formula is C16H19N9O4. The zero-order valence-corrected chi connectivity index (χ0v) is 15.8. The van der Waals surface area contributed by atoms with Gasteiger partial charge >= 0.3 is 5.69 Å². The highest BCUT2D eigenvalue weighted by atomic mass is 16.6. The molecule has 0 saturated carbocycles. The second-order valence-corrected chi connectivity index (χ2v) is 6.25. The van der Waals surface area contributed by atoms with E-state index in [0.717, 1.165) is 11.8 Å². The highest BCUT2D eigenvalue weighted by molar-refractivity contribution is 6.02. The average molecular weight is 401 g/mol. The van der Waals surface area contributed by atoms with Gasteiger partial charge in [0, 0.05) is 45.4 Å². The molecule has 3 aromatic rings. The van der Waals surface area contributed by atoms with Crippen LogP contribution in [0.15, 0.2) is 31.0 Å². The number of nitro groups is 1. The van der Waals surface area contributed by atoms with Crippen molar-refractivity contribution in [3.63, 3.8) is 0 Å². The molecule has 0 fully saturated rings. The van der Waals surface area contributed by atoms with Gasteiger partial charge < -0.3 is 10.6 Å². The minimum Gasteiger partial charge on any atom is -0.346 e. The molecule has 0 aliphatic rings. The summed E-state index contributed by atoms with van der Waals surface area (Å²) in [6, 6.07) is 0. The number of anilines is 1. The number of carbonyl (C=O) groups is 2. The Hall–Kier alpha value is -4.03. The molecule has 13 nitrogen and oxygen atoms in total. The lowest BCUT2D eigenvalue weighted by Gasteiger charge is -2.08. The van der Waals surface area contributed by atoms with E-state index in [0.29, 0.717) is 0 Å². The van der Waals surface area contributed by atoms with Crippen molar-refractivity contribution in [1.82, 2.24) is 34.7 Å². The molecule has 3 heterocycles. The van der Waals surface area contributed by atoms with Crippen LogP contribution in [0, 0.1) is 10.1 Å². The summed E-state index contributed by atoms with van der Waals surface area (Å²) in [5, 5.41) is 27.9. The van der Waals surface area contributed by atoms with Gasteiger partial charge in [0.1, 0.15) is 18.1 Å². The van der Waals surface area contributed by atoms with Gasteiger partial charge in [0.15, 0.2) is 0 Å². The van der Waals surface area contributed by atoms with Crippen LogP contribution in [0.4, 0.5) is 11.4 Å². The van der Waals surface area contributed by atoms with Gasteiger partial charge in [0.05, 0.1) is 23.0 Å². The number of hydrogen-bond acceptors (Lipinski definition) is 7. The maximum Gasteiger partial charge on any atom is 0.306 e. The molecule has 3 aromatic heterocycles. The Labute approximate surface area is 164 Å². The predicted molar refractivity (Wildman–Crippen MR) is 99.7 cm³/mol. The summed E-state index contributed by atoms with van der Waals surface area (Å²) >= 11 is 0. The van der Waals surface area contributed by atoms with Crippen LogP contribution in [0.3, 0.4) is 0 Å². The van der Waals surface area contributed by atoms with E-state index in [2.05, 4.69) is 25.9 Å². The van der Waals surface area contributed by atoms with Crippen molar-refractivity contribution in [2.45, 2.75) is 19.5 Å². The van der Waals surface area contributed by atoms with E-state index in [-0.39, 0.29) is 42.5 Å². The quantitative estimate of drug-likeness (QED) is 0.404. The van der Waals surface area contributed by atoms with E-state index in [9.17, 15) is 19.7 Å². The van der Waals surface area contributed by atoms with Gasteiger partial charge in [-0.2, -0.15) is 15.3 Å². The largest absolute Gasteiger partial charge is 0.346 e. The summed E-state index contributed by atoms with van der Waals surface area (Å²) in [6.45, 7) is 0.436. The molecular weight excluding hydrogens is 382 g/mol. The highest BCUT2D eigenvalue weighted by Crippen LogP contribution is 2.15. The lowest BCUT2D eigenvalue weighted by Crippen LogP contribution is -2.26. The Balaban J connectivity index is 1.58. The Morgan fingerprint density at radius 1 is 1.14 bits per heavy atom. The first-order chi connectivity index (χ1) is 13.8. The van der Waals surface area contributed by atoms with E-state index in [1.165, 1.54) is 21.8 Å². The Morgan fingerprint density at radius 2 is 1.93 bits per heavy atom. The maximum absolute atomic E-state index is 12.5. The monoisotopic (exact) mass is 401 g/mol. The van der Waals surface area contributed by atoms with E-state index in [4.69, 9.17) is 0 Å². The maximum atomic E-state index is 12.5. The summed E-state index contributed by atoms with van der Waals surface area (Å²) < 4.78 is 4.30. The molecule has 0 aliphatic carbocycles. The number of aromatic nitrogens is 6. The van der Waals surface area contributed by atoms with Gasteiger partial charge in [-0.05, 0) is 0 Å². The summed E-state index contributed by atoms with van der Waals surface area (Å²) in [5.74, 6) is -0.774. The smallest absolute Gasteiger partial charge is 0.306 e. The van der Waals surface area contributed by atoms with Gasteiger partial charge in [0.25, 0.3) is 5.91 Å². The number of aryl methyl sites for hydroxylation is 3. The molecule has 29 heavy (non-hydrogen) atoms. The first-order valence-corrected chi connectivity index (χ1v) is 8.58. The van der Waals surface area contributed by atoms with Crippen LogP contribution in [0.1, 0.15) is 22.5 Å². The Bertz CT molecular complexity index is 1050. The minimum atomic E-state index is -0.560. The fourth-order valence-corrected chi connectivity index (χ4v) is 2.63. The van der Waals surface area contributed by atoms with Crippen molar-refractivity contribution in [1.29, 1.82) is 0 Å². The van der Waals surface area contributed by atoms with Gasteiger partial charge in [-0.1, -0.05) is 0 Å². The third-order valence-electron chi connectivity index (χ3n) is 4.04. The lowest BCUT2D eigenvalue weighted by atomic mass is 10.3. The molecule has 0 atom stereocenters. The molecule has 2 N–H and O–H groups in total. The number of amides is 2. The SMILES string of the molecule is Cn1cc(CNC(=O)c2c(NC(=O)CCn3cc([N+](=O)[O-])cn3)cnn2C)cn1. The standard InChI is InChI=1S/C16H19N9O4/c1-22-9-11(6-18-22)5-17-16(27)15-13(8-19-23(15)2)21-14(26)3-4-24-10-12(7-20-24)25(28)29/h6-10H,3-5H2,1-2H3,(H,17,27)(H,21,26). The van der Waals surface area contributed by atoms with Crippen molar-refractivity contribution in [2.75, 3.05) is 5.32 Å². The summed E-state index contributed by atoms with van der Waals surface area (Å²) in [6.07, 6.45) is 7.19. The topological polar surface area (TPSA) is 155 Å². The Kier molecular flexibility index (Phi) is 5.66. The van der Waals surface area contributed by atoms with E-state index in [1.807, 2.05) is 0 Å². The second kappa shape index (κ2) is 8.33. The van der Waals surface area contributed by atoms with Crippen LogP contribution in [-0.4, -0.2) is 46.1 Å². The highest BCUT2D eigenvalue weighted by Gasteiger charge is 2.19. The molecule has 3 rings (SSSR count). The molecule has 0 unspecified atom stereocenters. The molecule has 13 heteroatoms. The van der Waals surface area contributed by atoms with Gasteiger partial charge in [-0.15, -0.1) is 0 Å². The average Bonchev–Trinajstić information content (AvgIpc) is 3.39. The number of hydrogen-bond donors (Lipinski definition) is 2. The van der Waals surface area contributed by atoms with Crippen LogP contribution in [-0.2, 0) is 32.0 Å². The van der Waals surface area contributed by atoms with Crippen LogP contribution < -0.4 is 10.6 Å². The first kappa shape index (κ1) is 19.7. The fourth-order valence-electron chi connectivity index (χ4n) is 2.63. The molecule has 0 aliphatic heterocycles. The van der Waals surface area contributed by atoms with Crippen molar-refractivity contribution in [3.8, 4) is 0 Å². The molecule has 2 amide bonds. The normalized spacial score (nSPS) is 10.7. The van der Waals surface area contributed by atoms with E-state index < -0.39 is 10.8 Å². The van der Waals surface area contributed by atoms with Gasteiger partial charge in [-0.3, -0.25) is 33.7 Å². The van der Waals surface area contributed by atoms with Crippen molar-refractivity contribution >= 4 is 23.2 Å². The third kappa shape index (κ3) is 4.82. The van der Waals surface area contributed by atoms with E-state index >= 15 is 0 Å². The second-order valence-electron chi connectivity index (χ2n) is 6.25. The molecule has 0 bridgehead atoms. The summed E-state index contributed by atoms with van der Waals surface area (Å²) in [7, 11) is 3.37. The van der Waals surface area contributed by atoms with Crippen LogP contribution in [0.5, 0.6) is 0 Å².